The van der Waals surface area contributed by atoms with Crippen LogP contribution in [0, 0.1) is 17.8 Å². The molecule has 2 saturated heterocycles. The highest BCUT2D eigenvalue weighted by Crippen LogP contribution is 2.44. The van der Waals surface area contributed by atoms with Crippen LogP contribution in [-0.2, 0) is 9.53 Å². The van der Waals surface area contributed by atoms with E-state index in [9.17, 15) is 14.7 Å². The highest BCUT2D eigenvalue weighted by atomic mass is 16.5. The summed E-state index contributed by atoms with van der Waals surface area (Å²) in [5.41, 5.74) is 0.588. The molecular formula is C20H25NO5. The Kier molecular flexibility index (Phi) is 4.85. The Morgan fingerprint density at radius 3 is 2.35 bits per heavy atom. The van der Waals surface area contributed by atoms with E-state index in [1.807, 2.05) is 12.1 Å². The van der Waals surface area contributed by atoms with Crippen molar-refractivity contribution in [1.82, 2.24) is 4.90 Å². The smallest absolute Gasteiger partial charge is 0.308 e. The molecule has 3 fully saturated rings. The van der Waals surface area contributed by atoms with Gasteiger partial charge in [0.2, 0.25) is 0 Å². The first-order valence-corrected chi connectivity index (χ1v) is 9.48. The minimum absolute atomic E-state index is 0.0861. The van der Waals surface area contributed by atoms with Gasteiger partial charge in [0.1, 0.15) is 11.9 Å². The first-order chi connectivity index (χ1) is 12.6. The van der Waals surface area contributed by atoms with E-state index in [4.69, 9.17) is 9.47 Å². The predicted molar refractivity (Wildman–Crippen MR) is 94.2 cm³/mol. The van der Waals surface area contributed by atoms with Crippen molar-refractivity contribution in [2.24, 2.45) is 17.8 Å². The van der Waals surface area contributed by atoms with Crippen LogP contribution in [0.1, 0.15) is 36.0 Å². The van der Waals surface area contributed by atoms with Gasteiger partial charge in [-0.1, -0.05) is 0 Å². The number of carboxylic acids is 1. The summed E-state index contributed by atoms with van der Waals surface area (Å²) in [6, 6.07) is 7.20. The van der Waals surface area contributed by atoms with E-state index in [0.29, 0.717) is 24.6 Å². The maximum atomic E-state index is 12.8. The summed E-state index contributed by atoms with van der Waals surface area (Å²) in [5.74, 6) is 0.0443. The Balaban J connectivity index is 1.39. The minimum atomic E-state index is -0.780. The lowest BCUT2D eigenvalue weighted by Gasteiger charge is -2.23. The molecule has 1 aliphatic carbocycles. The number of carbonyl (C=O) groups is 2. The summed E-state index contributed by atoms with van der Waals surface area (Å²) >= 11 is 0. The highest BCUT2D eigenvalue weighted by molar-refractivity contribution is 5.95. The molecular weight excluding hydrogens is 334 g/mol. The molecule has 1 aromatic rings. The molecule has 6 nitrogen and oxygen atoms in total. The lowest BCUT2D eigenvalue weighted by molar-refractivity contribution is -0.142. The first kappa shape index (κ1) is 17.3. The van der Waals surface area contributed by atoms with E-state index in [2.05, 4.69) is 0 Å². The fraction of sp³-hybridized carbons (Fsp3) is 0.600. The second-order valence-electron chi connectivity index (χ2n) is 7.61. The van der Waals surface area contributed by atoms with E-state index in [1.165, 1.54) is 0 Å². The van der Waals surface area contributed by atoms with E-state index < -0.39 is 11.9 Å². The van der Waals surface area contributed by atoms with Crippen molar-refractivity contribution in [2.45, 2.75) is 31.8 Å². The van der Waals surface area contributed by atoms with E-state index >= 15 is 0 Å². The molecule has 0 aromatic heterocycles. The second kappa shape index (κ2) is 7.27. The summed E-state index contributed by atoms with van der Waals surface area (Å²) in [6.07, 6.45) is 4.12. The zero-order valence-electron chi connectivity index (χ0n) is 14.8. The first-order valence-electron chi connectivity index (χ1n) is 9.48. The summed E-state index contributed by atoms with van der Waals surface area (Å²) in [7, 11) is 0. The maximum Gasteiger partial charge on any atom is 0.308 e. The van der Waals surface area contributed by atoms with Gasteiger partial charge in [0.25, 0.3) is 5.91 Å². The number of rotatable bonds is 5. The minimum Gasteiger partial charge on any atom is -0.490 e. The van der Waals surface area contributed by atoms with Crippen LogP contribution in [0.2, 0.25) is 0 Å². The van der Waals surface area contributed by atoms with Crippen LogP contribution in [0.15, 0.2) is 24.3 Å². The standard InChI is InChI=1S/C20H25NO5/c22-19(21-11-17(13-1-2-13)18(12-21)20(23)24)14-3-5-15(6-4-14)26-16-7-9-25-10-8-16/h3-6,13,16-18H,1-2,7-12H2,(H,23,24)/t17-,18+/m1/s1. The van der Waals surface area contributed by atoms with Crippen molar-refractivity contribution in [1.29, 1.82) is 0 Å². The molecule has 3 aliphatic rings. The summed E-state index contributed by atoms with van der Waals surface area (Å²) in [5, 5.41) is 9.46. The number of benzene rings is 1. The van der Waals surface area contributed by atoms with Gasteiger partial charge in [-0.3, -0.25) is 9.59 Å². The van der Waals surface area contributed by atoms with Crippen LogP contribution in [-0.4, -0.2) is 54.3 Å². The third-order valence-corrected chi connectivity index (χ3v) is 5.77. The Morgan fingerprint density at radius 1 is 1.04 bits per heavy atom. The molecule has 2 aliphatic heterocycles. The van der Waals surface area contributed by atoms with Crippen LogP contribution < -0.4 is 4.74 Å². The van der Waals surface area contributed by atoms with Gasteiger partial charge >= 0.3 is 5.97 Å². The van der Waals surface area contributed by atoms with Gasteiger partial charge in [-0.25, -0.2) is 0 Å². The number of amides is 1. The Labute approximate surface area is 153 Å². The third kappa shape index (κ3) is 3.70. The topological polar surface area (TPSA) is 76.1 Å². The summed E-state index contributed by atoms with van der Waals surface area (Å²) in [4.78, 5) is 26.0. The van der Waals surface area contributed by atoms with Gasteiger partial charge in [-0.15, -0.1) is 0 Å². The van der Waals surface area contributed by atoms with Crippen molar-refractivity contribution < 1.29 is 24.2 Å². The summed E-state index contributed by atoms with van der Waals surface area (Å²) in [6.45, 7) is 2.32. The molecule has 1 amide bonds. The van der Waals surface area contributed by atoms with Crippen molar-refractivity contribution in [3.8, 4) is 5.75 Å². The number of likely N-dealkylation sites (tertiary alicyclic amines) is 1. The predicted octanol–water partition coefficient (Wildman–Crippen LogP) is 2.43. The van der Waals surface area contributed by atoms with Crippen molar-refractivity contribution >= 4 is 11.9 Å². The molecule has 140 valence electrons. The number of nitrogens with zero attached hydrogens (tertiary/aromatic N) is 1. The third-order valence-electron chi connectivity index (χ3n) is 5.77. The monoisotopic (exact) mass is 359 g/mol. The molecule has 1 N–H and O–H groups in total. The van der Waals surface area contributed by atoms with Gasteiger partial charge < -0.3 is 19.5 Å². The molecule has 0 unspecified atom stereocenters. The molecule has 2 atom stereocenters. The van der Waals surface area contributed by atoms with Gasteiger partial charge in [-0.05, 0) is 48.9 Å². The Morgan fingerprint density at radius 2 is 1.73 bits per heavy atom. The van der Waals surface area contributed by atoms with Gasteiger partial charge in [0, 0.05) is 31.5 Å². The molecule has 1 saturated carbocycles. The van der Waals surface area contributed by atoms with Crippen LogP contribution in [0.25, 0.3) is 0 Å². The average Bonchev–Trinajstić information content (AvgIpc) is 3.40. The van der Waals surface area contributed by atoms with Crippen LogP contribution in [0.4, 0.5) is 0 Å². The Hall–Kier alpha value is -2.08. The second-order valence-corrected chi connectivity index (χ2v) is 7.61. The number of carbonyl (C=O) groups excluding carboxylic acids is 1. The molecule has 2 heterocycles. The highest BCUT2D eigenvalue weighted by Gasteiger charge is 2.46. The van der Waals surface area contributed by atoms with Crippen LogP contribution >= 0.6 is 0 Å². The Bertz CT molecular complexity index is 663. The normalized spacial score (nSPS) is 26.7. The van der Waals surface area contributed by atoms with E-state index in [1.54, 1.807) is 17.0 Å². The molecule has 0 bridgehead atoms. The van der Waals surface area contributed by atoms with Gasteiger partial charge in [-0.2, -0.15) is 0 Å². The molecule has 1 aromatic carbocycles. The van der Waals surface area contributed by atoms with Crippen molar-refractivity contribution in [3.05, 3.63) is 29.8 Å². The van der Waals surface area contributed by atoms with Crippen molar-refractivity contribution in [2.75, 3.05) is 26.3 Å². The largest absolute Gasteiger partial charge is 0.490 e. The zero-order valence-corrected chi connectivity index (χ0v) is 14.8. The number of carboxylic acid groups (broad SMARTS) is 1. The number of hydrogen-bond acceptors (Lipinski definition) is 4. The van der Waals surface area contributed by atoms with E-state index in [-0.39, 0.29) is 17.9 Å². The molecule has 4 rings (SSSR count). The van der Waals surface area contributed by atoms with Gasteiger partial charge in [0.05, 0.1) is 19.1 Å². The molecule has 0 radical (unpaired) electrons. The van der Waals surface area contributed by atoms with E-state index in [0.717, 1.165) is 44.6 Å². The van der Waals surface area contributed by atoms with Crippen LogP contribution in [0.3, 0.4) is 0 Å². The zero-order chi connectivity index (χ0) is 18.1. The summed E-state index contributed by atoms with van der Waals surface area (Å²) < 4.78 is 11.3. The SMILES string of the molecule is O=C(O)[C@H]1CN(C(=O)c2ccc(OC3CCOCC3)cc2)C[C@@H]1C1CC1. The maximum absolute atomic E-state index is 12.8. The lowest BCUT2D eigenvalue weighted by Crippen LogP contribution is -2.30. The number of hydrogen-bond donors (Lipinski definition) is 1. The fourth-order valence-electron chi connectivity index (χ4n) is 4.10. The quantitative estimate of drug-likeness (QED) is 0.874. The van der Waals surface area contributed by atoms with Crippen LogP contribution in [0.5, 0.6) is 5.75 Å². The van der Waals surface area contributed by atoms with Crippen molar-refractivity contribution in [3.63, 3.8) is 0 Å². The molecule has 0 spiro atoms. The average molecular weight is 359 g/mol. The number of aliphatic carboxylic acids is 1. The van der Waals surface area contributed by atoms with Gasteiger partial charge in [0.15, 0.2) is 0 Å². The molecule has 6 heteroatoms. The fourth-order valence-corrected chi connectivity index (χ4v) is 4.10. The number of ether oxygens (including phenoxy) is 2. The molecule has 26 heavy (non-hydrogen) atoms. The lowest BCUT2D eigenvalue weighted by atomic mass is 9.92.